The largest absolute Gasteiger partial charge is 0.382 e. The summed E-state index contributed by atoms with van der Waals surface area (Å²) in [6, 6.07) is 11.5. The summed E-state index contributed by atoms with van der Waals surface area (Å²) >= 11 is 0. The van der Waals surface area contributed by atoms with E-state index in [1.54, 1.807) is 0 Å². The van der Waals surface area contributed by atoms with E-state index in [2.05, 4.69) is 10.00 Å². The standard InChI is InChI=1S/C21H28N4O2/c26-20(16-23-10-6-1-2-7-11-23)24-12-13-25-18(15-24)14-19(22-25)21(27)17-8-4-3-5-9-17/h3-5,8-9,14,21,27H,1-2,6-7,10-13,15-16H2. The summed E-state index contributed by atoms with van der Waals surface area (Å²) in [4.78, 5) is 17.0. The van der Waals surface area contributed by atoms with Crippen molar-refractivity contribution in [3.8, 4) is 0 Å². The number of likely N-dealkylation sites (tertiary alicyclic amines) is 1. The lowest BCUT2D eigenvalue weighted by molar-refractivity contribution is -0.133. The number of fused-ring (bicyclic) bond motifs is 1. The molecule has 1 fully saturated rings. The van der Waals surface area contributed by atoms with Gasteiger partial charge in [0.1, 0.15) is 6.10 Å². The van der Waals surface area contributed by atoms with E-state index >= 15 is 0 Å². The fourth-order valence-corrected chi connectivity index (χ4v) is 4.03. The molecule has 144 valence electrons. The lowest BCUT2D eigenvalue weighted by Crippen LogP contribution is -2.44. The Balaban J connectivity index is 1.41. The normalized spacial score (nSPS) is 19.4. The van der Waals surface area contributed by atoms with Gasteiger partial charge >= 0.3 is 0 Å². The lowest BCUT2D eigenvalue weighted by atomic mass is 10.1. The number of hydrogen-bond acceptors (Lipinski definition) is 4. The second-order valence-corrected chi connectivity index (χ2v) is 7.60. The van der Waals surface area contributed by atoms with Crippen molar-refractivity contribution in [2.45, 2.75) is 44.9 Å². The van der Waals surface area contributed by atoms with Crippen LogP contribution in [-0.2, 0) is 17.9 Å². The van der Waals surface area contributed by atoms with Crippen LogP contribution in [0.5, 0.6) is 0 Å². The molecule has 0 saturated carbocycles. The third-order valence-electron chi connectivity index (χ3n) is 5.62. The van der Waals surface area contributed by atoms with Crippen LogP contribution in [0.15, 0.2) is 36.4 Å². The van der Waals surface area contributed by atoms with Crippen molar-refractivity contribution in [1.82, 2.24) is 19.6 Å². The van der Waals surface area contributed by atoms with Crippen LogP contribution >= 0.6 is 0 Å². The molecule has 0 radical (unpaired) electrons. The predicted octanol–water partition coefficient (Wildman–Crippen LogP) is 2.18. The molecule has 1 aromatic carbocycles. The van der Waals surface area contributed by atoms with Crippen molar-refractivity contribution < 1.29 is 9.90 Å². The Bertz CT molecular complexity index is 766. The molecule has 2 aliphatic heterocycles. The lowest BCUT2D eigenvalue weighted by Gasteiger charge is -2.30. The Hall–Kier alpha value is -2.18. The molecule has 3 heterocycles. The van der Waals surface area contributed by atoms with E-state index < -0.39 is 6.10 Å². The Labute approximate surface area is 160 Å². The summed E-state index contributed by atoms with van der Waals surface area (Å²) < 4.78 is 1.93. The maximum Gasteiger partial charge on any atom is 0.237 e. The monoisotopic (exact) mass is 368 g/mol. The third kappa shape index (κ3) is 4.22. The molecule has 1 atom stereocenters. The van der Waals surface area contributed by atoms with Crippen LogP contribution in [0.25, 0.3) is 0 Å². The third-order valence-corrected chi connectivity index (χ3v) is 5.62. The average Bonchev–Trinajstić information content (AvgIpc) is 2.97. The number of aromatic nitrogens is 2. The van der Waals surface area contributed by atoms with Crippen molar-refractivity contribution in [3.05, 3.63) is 53.3 Å². The van der Waals surface area contributed by atoms with Gasteiger partial charge in [0.05, 0.1) is 31.0 Å². The number of nitrogens with zero attached hydrogens (tertiary/aromatic N) is 4. The Morgan fingerprint density at radius 2 is 1.78 bits per heavy atom. The SMILES string of the molecule is O=C(CN1CCCCCC1)N1CCn2nc(C(O)c3ccccc3)cc2C1. The van der Waals surface area contributed by atoms with E-state index in [4.69, 9.17) is 0 Å². The molecule has 2 aliphatic rings. The highest BCUT2D eigenvalue weighted by molar-refractivity contribution is 5.78. The summed E-state index contributed by atoms with van der Waals surface area (Å²) in [5.41, 5.74) is 2.48. The van der Waals surface area contributed by atoms with E-state index in [1.165, 1.54) is 25.7 Å². The maximum absolute atomic E-state index is 12.8. The van der Waals surface area contributed by atoms with Gasteiger partial charge in [-0.15, -0.1) is 0 Å². The summed E-state index contributed by atoms with van der Waals surface area (Å²) in [5, 5.41) is 15.2. The minimum Gasteiger partial charge on any atom is -0.382 e. The van der Waals surface area contributed by atoms with Gasteiger partial charge in [-0.2, -0.15) is 5.10 Å². The first kappa shape index (κ1) is 18.2. The van der Waals surface area contributed by atoms with Crippen LogP contribution in [0, 0.1) is 0 Å². The molecule has 1 amide bonds. The van der Waals surface area contributed by atoms with Gasteiger partial charge in [0.2, 0.25) is 5.91 Å². The number of carbonyl (C=O) groups is 1. The van der Waals surface area contributed by atoms with Gasteiger partial charge in [0.25, 0.3) is 0 Å². The predicted molar refractivity (Wildman–Crippen MR) is 103 cm³/mol. The van der Waals surface area contributed by atoms with Gasteiger partial charge in [0, 0.05) is 6.54 Å². The molecule has 1 saturated heterocycles. The van der Waals surface area contributed by atoms with Gasteiger partial charge in [-0.25, -0.2) is 0 Å². The van der Waals surface area contributed by atoms with Gasteiger partial charge in [-0.3, -0.25) is 14.4 Å². The zero-order chi connectivity index (χ0) is 18.6. The van der Waals surface area contributed by atoms with E-state index in [-0.39, 0.29) is 5.91 Å². The first-order valence-electron chi connectivity index (χ1n) is 10.0. The van der Waals surface area contributed by atoms with E-state index in [0.717, 1.165) is 24.3 Å². The minimum atomic E-state index is -0.731. The second kappa shape index (κ2) is 8.23. The van der Waals surface area contributed by atoms with Crippen LogP contribution < -0.4 is 0 Å². The van der Waals surface area contributed by atoms with Crippen molar-refractivity contribution in [3.63, 3.8) is 0 Å². The molecular formula is C21H28N4O2. The number of hydrogen-bond donors (Lipinski definition) is 1. The second-order valence-electron chi connectivity index (χ2n) is 7.60. The van der Waals surface area contributed by atoms with Crippen LogP contribution in [0.4, 0.5) is 0 Å². The fraction of sp³-hybridized carbons (Fsp3) is 0.524. The van der Waals surface area contributed by atoms with E-state index in [9.17, 15) is 9.90 Å². The first-order valence-corrected chi connectivity index (χ1v) is 10.0. The van der Waals surface area contributed by atoms with E-state index in [0.29, 0.717) is 31.9 Å². The molecule has 4 rings (SSSR count). The van der Waals surface area contributed by atoms with Gasteiger partial charge < -0.3 is 10.0 Å². The minimum absolute atomic E-state index is 0.203. The van der Waals surface area contributed by atoms with Crippen molar-refractivity contribution in [1.29, 1.82) is 0 Å². The number of rotatable bonds is 4. The van der Waals surface area contributed by atoms with Crippen LogP contribution in [0.2, 0.25) is 0 Å². The van der Waals surface area contributed by atoms with Crippen molar-refractivity contribution >= 4 is 5.91 Å². The Morgan fingerprint density at radius 3 is 2.52 bits per heavy atom. The highest BCUT2D eigenvalue weighted by Crippen LogP contribution is 2.23. The van der Waals surface area contributed by atoms with Gasteiger partial charge in [-0.1, -0.05) is 43.2 Å². The quantitative estimate of drug-likeness (QED) is 0.899. The molecule has 6 nitrogen and oxygen atoms in total. The topological polar surface area (TPSA) is 61.6 Å². The van der Waals surface area contributed by atoms with Crippen LogP contribution in [0.1, 0.15) is 48.7 Å². The molecule has 1 aromatic heterocycles. The van der Waals surface area contributed by atoms with E-state index in [1.807, 2.05) is 46.0 Å². The molecular weight excluding hydrogens is 340 g/mol. The number of amides is 1. The Morgan fingerprint density at radius 1 is 1.04 bits per heavy atom. The zero-order valence-corrected chi connectivity index (χ0v) is 15.8. The number of aliphatic hydroxyl groups is 1. The maximum atomic E-state index is 12.8. The van der Waals surface area contributed by atoms with Crippen LogP contribution in [0.3, 0.4) is 0 Å². The molecule has 1 unspecified atom stereocenters. The fourth-order valence-electron chi connectivity index (χ4n) is 4.03. The highest BCUT2D eigenvalue weighted by Gasteiger charge is 2.25. The Kier molecular flexibility index (Phi) is 5.55. The van der Waals surface area contributed by atoms with Crippen LogP contribution in [-0.4, -0.2) is 56.8 Å². The smallest absolute Gasteiger partial charge is 0.237 e. The molecule has 1 N–H and O–H groups in total. The van der Waals surface area contributed by atoms with Gasteiger partial charge in [-0.05, 0) is 37.6 Å². The number of carbonyl (C=O) groups excluding carboxylic acids is 1. The molecule has 6 heteroatoms. The molecule has 0 spiro atoms. The average molecular weight is 368 g/mol. The summed E-state index contributed by atoms with van der Waals surface area (Å²) in [7, 11) is 0. The molecule has 0 bridgehead atoms. The van der Waals surface area contributed by atoms with Crippen molar-refractivity contribution in [2.24, 2.45) is 0 Å². The van der Waals surface area contributed by atoms with Gasteiger partial charge in [0.15, 0.2) is 0 Å². The molecule has 0 aliphatic carbocycles. The summed E-state index contributed by atoms with van der Waals surface area (Å²) in [5.74, 6) is 0.203. The molecule has 27 heavy (non-hydrogen) atoms. The highest BCUT2D eigenvalue weighted by atomic mass is 16.3. The summed E-state index contributed by atoms with van der Waals surface area (Å²) in [6.45, 7) is 4.52. The van der Waals surface area contributed by atoms with Crippen molar-refractivity contribution in [2.75, 3.05) is 26.2 Å². The zero-order valence-electron chi connectivity index (χ0n) is 15.8. The number of benzene rings is 1. The molecule has 2 aromatic rings. The summed E-state index contributed by atoms with van der Waals surface area (Å²) in [6.07, 6.45) is 4.22. The number of aliphatic hydroxyl groups excluding tert-OH is 1. The first-order chi connectivity index (χ1) is 13.2.